The first-order valence-electron chi connectivity index (χ1n) is 10.6. The first-order chi connectivity index (χ1) is 16.2. The third kappa shape index (κ3) is 5.68. The minimum Gasteiger partial charge on any atom is -0.497 e. The Labute approximate surface area is 198 Å². The fraction of sp³-hybridized carbons (Fsp3) is 0.348. The lowest BCUT2D eigenvalue weighted by Crippen LogP contribution is -2.40. The molecule has 1 N–H and O–H groups in total. The summed E-state index contributed by atoms with van der Waals surface area (Å²) in [4.78, 5) is 19.2. The number of amides is 1. The summed E-state index contributed by atoms with van der Waals surface area (Å²) in [5.41, 5.74) is -0.144. The van der Waals surface area contributed by atoms with Crippen LogP contribution in [0.1, 0.15) is 24.3 Å². The van der Waals surface area contributed by atoms with Gasteiger partial charge in [-0.05, 0) is 61.9 Å². The van der Waals surface area contributed by atoms with Gasteiger partial charge in [-0.25, -0.2) is 0 Å². The van der Waals surface area contributed by atoms with Crippen LogP contribution in [0, 0.1) is 5.92 Å². The standard InChI is InChI=1S/C23H22ClF3N4O3/c1-33-17-7-4-14(5-8-17)21-29-20(34-30-21)13-31-10-2-3-15(12-31)22(32)28-16-6-9-19(24)18(11-16)23(25,26)27/h4-9,11,15H,2-3,10,12-13H2,1H3,(H,28,32). The number of rotatable bonds is 6. The molecule has 180 valence electrons. The second kappa shape index (κ2) is 10.0. The molecule has 11 heteroatoms. The zero-order valence-corrected chi connectivity index (χ0v) is 19.0. The third-order valence-corrected chi connectivity index (χ3v) is 5.92. The predicted molar refractivity (Wildman–Crippen MR) is 119 cm³/mol. The number of anilines is 1. The zero-order chi connectivity index (χ0) is 24.3. The minimum absolute atomic E-state index is 0.0554. The number of hydrogen-bond donors (Lipinski definition) is 1. The molecule has 34 heavy (non-hydrogen) atoms. The van der Waals surface area contributed by atoms with Crippen LogP contribution in [0.15, 0.2) is 47.0 Å². The quantitative estimate of drug-likeness (QED) is 0.503. The lowest BCUT2D eigenvalue weighted by atomic mass is 9.97. The van der Waals surface area contributed by atoms with Gasteiger partial charge in [0.25, 0.3) is 0 Å². The molecule has 3 aromatic rings. The molecular formula is C23H22ClF3N4O3. The highest BCUT2D eigenvalue weighted by atomic mass is 35.5. The molecule has 2 heterocycles. The maximum atomic E-state index is 13.1. The number of piperidine rings is 1. The molecular weight excluding hydrogens is 473 g/mol. The Morgan fingerprint density at radius 3 is 2.74 bits per heavy atom. The van der Waals surface area contributed by atoms with Crippen LogP contribution in [-0.2, 0) is 17.5 Å². The Bertz CT molecular complexity index is 1150. The molecule has 0 aliphatic carbocycles. The third-order valence-electron chi connectivity index (χ3n) is 5.59. The number of halogens is 4. The fourth-order valence-electron chi connectivity index (χ4n) is 3.85. The number of hydrogen-bond acceptors (Lipinski definition) is 6. The van der Waals surface area contributed by atoms with Crippen molar-refractivity contribution >= 4 is 23.2 Å². The summed E-state index contributed by atoms with van der Waals surface area (Å²) in [7, 11) is 1.59. The summed E-state index contributed by atoms with van der Waals surface area (Å²) in [6, 6.07) is 10.6. The van der Waals surface area contributed by atoms with E-state index in [1.165, 1.54) is 6.07 Å². The maximum absolute atomic E-state index is 13.1. The van der Waals surface area contributed by atoms with Gasteiger partial charge in [-0.2, -0.15) is 18.2 Å². The summed E-state index contributed by atoms with van der Waals surface area (Å²) in [6.07, 6.45) is -3.22. The van der Waals surface area contributed by atoms with Gasteiger partial charge >= 0.3 is 6.18 Å². The monoisotopic (exact) mass is 494 g/mol. The van der Waals surface area contributed by atoms with E-state index in [4.69, 9.17) is 20.9 Å². The van der Waals surface area contributed by atoms with Gasteiger partial charge in [-0.3, -0.25) is 9.69 Å². The number of alkyl halides is 3. The highest BCUT2D eigenvalue weighted by molar-refractivity contribution is 6.31. The number of likely N-dealkylation sites (tertiary alicyclic amines) is 1. The molecule has 1 aromatic heterocycles. The van der Waals surface area contributed by atoms with Crippen molar-refractivity contribution in [2.45, 2.75) is 25.6 Å². The smallest absolute Gasteiger partial charge is 0.417 e. The van der Waals surface area contributed by atoms with Gasteiger partial charge in [0.1, 0.15) is 5.75 Å². The van der Waals surface area contributed by atoms with E-state index < -0.39 is 16.8 Å². The molecule has 0 bridgehead atoms. The summed E-state index contributed by atoms with van der Waals surface area (Å²) < 4.78 is 49.8. The van der Waals surface area contributed by atoms with Crippen molar-refractivity contribution < 1.29 is 27.2 Å². The van der Waals surface area contributed by atoms with E-state index in [0.29, 0.717) is 31.2 Å². The van der Waals surface area contributed by atoms with Crippen LogP contribution in [-0.4, -0.2) is 41.1 Å². The van der Waals surface area contributed by atoms with Gasteiger partial charge in [0.15, 0.2) is 0 Å². The van der Waals surface area contributed by atoms with E-state index in [2.05, 4.69) is 15.5 Å². The Morgan fingerprint density at radius 2 is 2.03 bits per heavy atom. The molecule has 1 atom stereocenters. The Balaban J connectivity index is 1.37. The molecule has 7 nitrogen and oxygen atoms in total. The van der Waals surface area contributed by atoms with Crippen molar-refractivity contribution in [2.75, 3.05) is 25.5 Å². The minimum atomic E-state index is -4.60. The molecule has 0 radical (unpaired) electrons. The number of carbonyl (C=O) groups is 1. The average molecular weight is 495 g/mol. The zero-order valence-electron chi connectivity index (χ0n) is 18.2. The molecule has 1 saturated heterocycles. The van der Waals surface area contributed by atoms with Gasteiger partial charge in [-0.1, -0.05) is 16.8 Å². The maximum Gasteiger partial charge on any atom is 0.417 e. The van der Waals surface area contributed by atoms with Crippen LogP contribution in [0.25, 0.3) is 11.4 Å². The summed E-state index contributed by atoms with van der Waals surface area (Å²) in [6.45, 7) is 1.53. The van der Waals surface area contributed by atoms with Gasteiger partial charge in [0.05, 0.1) is 30.2 Å². The van der Waals surface area contributed by atoms with Crippen LogP contribution in [0.4, 0.5) is 18.9 Å². The number of nitrogens with one attached hydrogen (secondary N) is 1. The van der Waals surface area contributed by atoms with E-state index >= 15 is 0 Å². The van der Waals surface area contributed by atoms with Crippen LogP contribution >= 0.6 is 11.6 Å². The predicted octanol–water partition coefficient (Wildman–Crippen LogP) is 5.27. The molecule has 1 amide bonds. The Hall–Kier alpha value is -3.11. The number of aromatic nitrogens is 2. The highest BCUT2D eigenvalue weighted by Crippen LogP contribution is 2.36. The summed E-state index contributed by atoms with van der Waals surface area (Å²) in [5, 5.41) is 6.19. The molecule has 1 unspecified atom stereocenters. The topological polar surface area (TPSA) is 80.5 Å². The van der Waals surface area contributed by atoms with Crippen molar-refractivity contribution in [1.29, 1.82) is 0 Å². The van der Waals surface area contributed by atoms with Crippen molar-refractivity contribution in [2.24, 2.45) is 5.92 Å². The van der Waals surface area contributed by atoms with Gasteiger partial charge in [-0.15, -0.1) is 0 Å². The molecule has 1 fully saturated rings. The average Bonchev–Trinajstić information content (AvgIpc) is 3.28. The van der Waals surface area contributed by atoms with Crippen molar-refractivity contribution in [3.05, 3.63) is 58.9 Å². The number of carbonyl (C=O) groups excluding carboxylic acids is 1. The summed E-state index contributed by atoms with van der Waals surface area (Å²) in [5.74, 6) is 0.859. The van der Waals surface area contributed by atoms with E-state index in [0.717, 1.165) is 36.4 Å². The fourth-order valence-corrected chi connectivity index (χ4v) is 4.07. The van der Waals surface area contributed by atoms with Crippen LogP contribution in [0.5, 0.6) is 5.75 Å². The molecule has 2 aromatic carbocycles. The SMILES string of the molecule is COc1ccc(-c2noc(CN3CCCC(C(=O)Nc4ccc(Cl)c(C(F)(F)F)c4)C3)n2)cc1. The van der Waals surface area contributed by atoms with E-state index in [1.807, 2.05) is 17.0 Å². The van der Waals surface area contributed by atoms with E-state index in [1.54, 1.807) is 19.2 Å². The number of benzene rings is 2. The number of methoxy groups -OCH3 is 1. The second-order valence-electron chi connectivity index (χ2n) is 8.00. The van der Waals surface area contributed by atoms with Crippen LogP contribution < -0.4 is 10.1 Å². The number of ether oxygens (including phenoxy) is 1. The van der Waals surface area contributed by atoms with Crippen LogP contribution in [0.3, 0.4) is 0 Å². The number of nitrogens with zero attached hydrogens (tertiary/aromatic N) is 3. The van der Waals surface area contributed by atoms with E-state index in [-0.39, 0.29) is 17.5 Å². The molecule has 1 aliphatic rings. The highest BCUT2D eigenvalue weighted by Gasteiger charge is 2.34. The molecule has 0 saturated carbocycles. The van der Waals surface area contributed by atoms with E-state index in [9.17, 15) is 18.0 Å². The molecule has 1 aliphatic heterocycles. The first kappa shape index (κ1) is 24.0. The van der Waals surface area contributed by atoms with Crippen molar-refractivity contribution in [1.82, 2.24) is 15.0 Å². The van der Waals surface area contributed by atoms with Crippen molar-refractivity contribution in [3.63, 3.8) is 0 Å². The summed E-state index contributed by atoms with van der Waals surface area (Å²) >= 11 is 5.65. The molecule has 4 rings (SSSR count). The Kier molecular flexibility index (Phi) is 7.08. The second-order valence-corrected chi connectivity index (χ2v) is 8.40. The van der Waals surface area contributed by atoms with Crippen LogP contribution in [0.2, 0.25) is 5.02 Å². The lowest BCUT2D eigenvalue weighted by Gasteiger charge is -2.30. The Morgan fingerprint density at radius 1 is 1.26 bits per heavy atom. The normalized spacial score (nSPS) is 16.9. The largest absolute Gasteiger partial charge is 0.497 e. The van der Waals surface area contributed by atoms with Gasteiger partial charge in [0.2, 0.25) is 17.6 Å². The van der Waals surface area contributed by atoms with Gasteiger partial charge in [0, 0.05) is 17.8 Å². The van der Waals surface area contributed by atoms with Crippen molar-refractivity contribution in [3.8, 4) is 17.1 Å². The first-order valence-corrected chi connectivity index (χ1v) is 11.0. The van der Waals surface area contributed by atoms with Gasteiger partial charge < -0.3 is 14.6 Å². The lowest BCUT2D eigenvalue weighted by molar-refractivity contribution is -0.137. The molecule has 0 spiro atoms.